The van der Waals surface area contributed by atoms with Gasteiger partial charge in [-0.15, -0.1) is 0 Å². The summed E-state index contributed by atoms with van der Waals surface area (Å²) in [7, 11) is -3.49. The fourth-order valence-electron chi connectivity index (χ4n) is 3.92. The number of hydrogen-bond acceptors (Lipinski definition) is 4. The lowest BCUT2D eigenvalue weighted by Gasteiger charge is -2.34. The number of aryl methyl sites for hydroxylation is 2. The van der Waals surface area contributed by atoms with Gasteiger partial charge >= 0.3 is 0 Å². The predicted molar refractivity (Wildman–Crippen MR) is 106 cm³/mol. The van der Waals surface area contributed by atoms with Crippen molar-refractivity contribution in [1.29, 1.82) is 0 Å². The highest BCUT2D eigenvalue weighted by Gasteiger charge is 2.33. The molecule has 2 heterocycles. The fraction of sp³-hybridized carbons (Fsp3) is 0.650. The maximum Gasteiger partial charge on any atom is 0.243 e. The lowest BCUT2D eigenvalue weighted by Crippen LogP contribution is -2.54. The van der Waals surface area contributed by atoms with Crippen LogP contribution in [0.25, 0.3) is 0 Å². The number of rotatable bonds is 4. The molecule has 2 unspecified atom stereocenters. The summed E-state index contributed by atoms with van der Waals surface area (Å²) in [6.07, 6.45) is 3.22. The summed E-state index contributed by atoms with van der Waals surface area (Å²) in [6, 6.07) is 5.72. The molecule has 2 aliphatic heterocycles. The average molecular weight is 394 g/mol. The van der Waals surface area contributed by atoms with Gasteiger partial charge in [0.25, 0.3) is 0 Å². The molecule has 0 spiro atoms. The third-order valence-electron chi connectivity index (χ3n) is 6.03. The van der Waals surface area contributed by atoms with E-state index in [-0.39, 0.29) is 23.9 Å². The number of nitrogens with one attached hydrogen (secondary N) is 2. The minimum Gasteiger partial charge on any atom is -0.352 e. The van der Waals surface area contributed by atoms with Gasteiger partial charge in [-0.25, -0.2) is 8.42 Å². The minimum absolute atomic E-state index is 0.0683. The standard InChI is InChI=1S/C20H31N3O3S/c1-14-6-7-18(13-15(14)2)27(25,26)23-11-8-17(9-12-23)20(24)22-19-5-4-10-21-16(19)3/h6-7,13,16-17,19,21H,4-5,8-12H2,1-3H3,(H,22,24). The van der Waals surface area contributed by atoms with Crippen molar-refractivity contribution in [3.63, 3.8) is 0 Å². The van der Waals surface area contributed by atoms with Crippen LogP contribution in [-0.4, -0.2) is 50.3 Å². The molecule has 1 aromatic carbocycles. The number of benzene rings is 1. The number of piperidine rings is 2. The Hall–Kier alpha value is -1.44. The van der Waals surface area contributed by atoms with E-state index < -0.39 is 10.0 Å². The van der Waals surface area contributed by atoms with E-state index >= 15 is 0 Å². The highest BCUT2D eigenvalue weighted by Crippen LogP contribution is 2.25. The zero-order valence-electron chi connectivity index (χ0n) is 16.5. The second kappa shape index (κ2) is 8.29. The van der Waals surface area contributed by atoms with Crippen LogP contribution in [0.1, 0.15) is 43.7 Å². The molecule has 150 valence electrons. The summed E-state index contributed by atoms with van der Waals surface area (Å²) in [6.45, 7) is 7.79. The smallest absolute Gasteiger partial charge is 0.243 e. The summed E-state index contributed by atoms with van der Waals surface area (Å²) in [4.78, 5) is 13.0. The molecule has 3 rings (SSSR count). The van der Waals surface area contributed by atoms with Crippen LogP contribution >= 0.6 is 0 Å². The van der Waals surface area contributed by atoms with Crippen LogP contribution in [0.2, 0.25) is 0 Å². The maximum atomic E-state index is 12.9. The van der Waals surface area contributed by atoms with Crippen molar-refractivity contribution in [2.45, 2.75) is 63.4 Å². The van der Waals surface area contributed by atoms with E-state index in [1.807, 2.05) is 19.9 Å². The Morgan fingerprint density at radius 1 is 1.15 bits per heavy atom. The van der Waals surface area contributed by atoms with Gasteiger partial charge in [-0.05, 0) is 76.3 Å². The molecular weight excluding hydrogens is 362 g/mol. The van der Waals surface area contributed by atoms with Crippen LogP contribution in [0, 0.1) is 19.8 Å². The largest absolute Gasteiger partial charge is 0.352 e. The van der Waals surface area contributed by atoms with E-state index in [2.05, 4.69) is 17.6 Å². The molecule has 2 N–H and O–H groups in total. The van der Waals surface area contributed by atoms with Crippen molar-refractivity contribution in [1.82, 2.24) is 14.9 Å². The molecule has 2 saturated heterocycles. The first-order valence-corrected chi connectivity index (χ1v) is 11.3. The molecule has 7 heteroatoms. The molecule has 0 bridgehead atoms. The minimum atomic E-state index is -3.49. The quantitative estimate of drug-likeness (QED) is 0.820. The molecular formula is C20H31N3O3S. The van der Waals surface area contributed by atoms with Gasteiger partial charge in [-0.1, -0.05) is 6.07 Å². The van der Waals surface area contributed by atoms with Crippen molar-refractivity contribution in [3.8, 4) is 0 Å². The summed E-state index contributed by atoms with van der Waals surface area (Å²) < 4.78 is 27.3. The molecule has 6 nitrogen and oxygen atoms in total. The van der Waals surface area contributed by atoms with E-state index in [4.69, 9.17) is 0 Å². The Bertz CT molecular complexity index is 786. The van der Waals surface area contributed by atoms with Crippen LogP contribution in [0.3, 0.4) is 0 Å². The number of sulfonamides is 1. The molecule has 1 amide bonds. The highest BCUT2D eigenvalue weighted by atomic mass is 32.2. The van der Waals surface area contributed by atoms with Gasteiger partial charge in [-0.2, -0.15) is 4.31 Å². The zero-order chi connectivity index (χ0) is 19.6. The van der Waals surface area contributed by atoms with Gasteiger partial charge in [0, 0.05) is 31.1 Å². The summed E-state index contributed by atoms with van der Waals surface area (Å²) in [5.41, 5.74) is 2.05. The predicted octanol–water partition coefficient (Wildman–Crippen LogP) is 1.96. The first kappa shape index (κ1) is 20.3. The van der Waals surface area contributed by atoms with E-state index in [0.29, 0.717) is 30.8 Å². The van der Waals surface area contributed by atoms with Crippen molar-refractivity contribution in [3.05, 3.63) is 29.3 Å². The van der Waals surface area contributed by atoms with Gasteiger partial charge < -0.3 is 10.6 Å². The van der Waals surface area contributed by atoms with Gasteiger partial charge in [0.2, 0.25) is 15.9 Å². The number of nitrogens with zero attached hydrogens (tertiary/aromatic N) is 1. The molecule has 0 aromatic heterocycles. The summed E-state index contributed by atoms with van der Waals surface area (Å²) >= 11 is 0. The van der Waals surface area contributed by atoms with E-state index in [9.17, 15) is 13.2 Å². The maximum absolute atomic E-state index is 12.9. The van der Waals surface area contributed by atoms with E-state index in [0.717, 1.165) is 30.5 Å². The average Bonchev–Trinajstić information content (AvgIpc) is 2.65. The molecule has 2 fully saturated rings. The van der Waals surface area contributed by atoms with Crippen molar-refractivity contribution in [2.24, 2.45) is 5.92 Å². The summed E-state index contributed by atoms with van der Waals surface area (Å²) in [5.74, 6) is -0.0379. The lowest BCUT2D eigenvalue weighted by atomic mass is 9.94. The van der Waals surface area contributed by atoms with E-state index in [1.165, 1.54) is 4.31 Å². The number of amides is 1. The van der Waals surface area contributed by atoms with Crippen LogP contribution < -0.4 is 10.6 Å². The Morgan fingerprint density at radius 3 is 2.48 bits per heavy atom. The van der Waals surface area contributed by atoms with Crippen LogP contribution in [0.4, 0.5) is 0 Å². The Balaban J connectivity index is 1.59. The number of hydrogen-bond donors (Lipinski definition) is 2. The van der Waals surface area contributed by atoms with Crippen molar-refractivity contribution in [2.75, 3.05) is 19.6 Å². The third-order valence-corrected chi connectivity index (χ3v) is 7.92. The SMILES string of the molecule is Cc1ccc(S(=O)(=O)N2CCC(C(=O)NC3CCCNC3C)CC2)cc1C. The molecule has 0 radical (unpaired) electrons. The normalized spacial score (nSPS) is 25.3. The first-order chi connectivity index (χ1) is 12.8. The lowest BCUT2D eigenvalue weighted by molar-refractivity contribution is -0.127. The second-order valence-electron chi connectivity index (χ2n) is 7.92. The van der Waals surface area contributed by atoms with Gasteiger partial charge in [0.05, 0.1) is 4.90 Å². The molecule has 2 aliphatic rings. The molecule has 1 aromatic rings. The molecule has 0 saturated carbocycles. The van der Waals surface area contributed by atoms with E-state index in [1.54, 1.807) is 12.1 Å². The van der Waals surface area contributed by atoms with Gasteiger partial charge in [0.1, 0.15) is 0 Å². The van der Waals surface area contributed by atoms with Gasteiger partial charge in [-0.3, -0.25) is 4.79 Å². The molecule has 27 heavy (non-hydrogen) atoms. The topological polar surface area (TPSA) is 78.5 Å². The summed E-state index contributed by atoms with van der Waals surface area (Å²) in [5, 5.41) is 6.56. The first-order valence-electron chi connectivity index (χ1n) is 9.90. The second-order valence-corrected chi connectivity index (χ2v) is 9.86. The van der Waals surface area contributed by atoms with Gasteiger partial charge in [0.15, 0.2) is 0 Å². The Labute approximate surface area is 162 Å². The Morgan fingerprint density at radius 2 is 1.85 bits per heavy atom. The highest BCUT2D eigenvalue weighted by molar-refractivity contribution is 7.89. The number of carbonyl (C=O) groups is 1. The van der Waals surface area contributed by atoms with Crippen LogP contribution in [-0.2, 0) is 14.8 Å². The zero-order valence-corrected chi connectivity index (χ0v) is 17.3. The van der Waals surface area contributed by atoms with Crippen LogP contribution in [0.15, 0.2) is 23.1 Å². The molecule has 0 aliphatic carbocycles. The van der Waals surface area contributed by atoms with Crippen molar-refractivity contribution >= 4 is 15.9 Å². The monoisotopic (exact) mass is 393 g/mol. The Kier molecular flexibility index (Phi) is 6.23. The van der Waals surface area contributed by atoms with Crippen molar-refractivity contribution < 1.29 is 13.2 Å². The van der Waals surface area contributed by atoms with Crippen LogP contribution in [0.5, 0.6) is 0 Å². The fourth-order valence-corrected chi connectivity index (χ4v) is 5.48. The molecule has 2 atom stereocenters. The number of carbonyl (C=O) groups excluding carboxylic acids is 1. The third kappa shape index (κ3) is 4.52.